The number of carboxylic acid groups (broad SMARTS) is 3. The number of quaternary nitrogens is 2. The van der Waals surface area contributed by atoms with Crippen molar-refractivity contribution in [3.63, 3.8) is 0 Å². The molecular formula is C47H75N10O14-. The van der Waals surface area contributed by atoms with E-state index >= 15 is 0 Å². The SMILES string of the molecule is CC[C@H](C)[C@H](NC(=O)[C@@H](NC(=O)[C@@H]([NH3+])CCC(=O)[O-])[C@@H](C)CC)C(=O)N[C@@H](CC(N)=O)C(=O)N[C@@H](Cc1ccccc1)C(=O)N[C@@H](CCC(=O)[O-])C(=O)N[C@@H](CCCC[NH3+])C(=O)N[C@@H](CC(C)C)C(=O)[O-]. The molecule has 0 spiro atoms. The van der Waals surface area contributed by atoms with Gasteiger partial charge in [0, 0.05) is 24.8 Å². The number of hydrogen-bond acceptors (Lipinski definition) is 14. The summed E-state index contributed by atoms with van der Waals surface area (Å²) in [5, 5.41) is 51.9. The van der Waals surface area contributed by atoms with Crippen LogP contribution in [0.1, 0.15) is 118 Å². The highest BCUT2D eigenvalue weighted by Gasteiger charge is 2.37. The van der Waals surface area contributed by atoms with Crippen LogP contribution in [0.5, 0.6) is 0 Å². The first kappa shape index (κ1) is 62.3. The largest absolute Gasteiger partial charge is 0.550 e. The topological polar surface area (TPSA) is 422 Å². The summed E-state index contributed by atoms with van der Waals surface area (Å²) in [5.41, 5.74) is 13.4. The van der Waals surface area contributed by atoms with Crippen molar-refractivity contribution in [2.24, 2.45) is 23.5 Å². The molecule has 0 aliphatic rings. The lowest BCUT2D eigenvalue weighted by atomic mass is 9.94. The molecule has 398 valence electrons. The Morgan fingerprint density at radius 2 is 0.986 bits per heavy atom. The highest BCUT2D eigenvalue weighted by atomic mass is 16.4. The lowest BCUT2D eigenvalue weighted by Crippen LogP contribution is -2.69. The first-order chi connectivity index (χ1) is 33.3. The van der Waals surface area contributed by atoms with Crippen molar-refractivity contribution < 1.29 is 79.5 Å². The summed E-state index contributed by atoms with van der Waals surface area (Å²) in [6, 6.07) is -3.21. The van der Waals surface area contributed by atoms with Crippen LogP contribution in [-0.2, 0) is 59.2 Å². The number of carbonyl (C=O) groups is 11. The van der Waals surface area contributed by atoms with Gasteiger partial charge in [-0.2, -0.15) is 0 Å². The van der Waals surface area contributed by atoms with E-state index in [1.54, 1.807) is 71.9 Å². The Morgan fingerprint density at radius 1 is 0.549 bits per heavy atom. The van der Waals surface area contributed by atoms with Crippen LogP contribution in [0.3, 0.4) is 0 Å². The summed E-state index contributed by atoms with van der Waals surface area (Å²) >= 11 is 0. The minimum Gasteiger partial charge on any atom is -0.550 e. The van der Waals surface area contributed by atoms with Gasteiger partial charge in [-0.1, -0.05) is 84.7 Å². The number of nitrogens with two attached hydrogens (primary N) is 1. The molecule has 1 aromatic carbocycles. The zero-order chi connectivity index (χ0) is 54.0. The van der Waals surface area contributed by atoms with E-state index in [-0.39, 0.29) is 31.6 Å². The molecular weight excluding hydrogens is 929 g/mol. The number of hydrogen-bond donors (Lipinski definition) is 10. The maximum atomic E-state index is 14.2. The molecule has 0 unspecified atom stereocenters. The van der Waals surface area contributed by atoms with Crippen LogP contribution in [0, 0.1) is 17.8 Å². The van der Waals surface area contributed by atoms with E-state index in [0.29, 0.717) is 37.8 Å². The average molecular weight is 1000 g/mol. The summed E-state index contributed by atoms with van der Waals surface area (Å²) in [7, 11) is 0. The molecule has 24 heteroatoms. The predicted octanol–water partition coefficient (Wildman–Crippen LogP) is -6.53. The Kier molecular flexibility index (Phi) is 28.3. The van der Waals surface area contributed by atoms with E-state index in [4.69, 9.17) is 5.73 Å². The number of carboxylic acids is 3. The Balaban J connectivity index is 3.59. The molecule has 0 radical (unpaired) electrons. The Bertz CT molecular complexity index is 1970. The summed E-state index contributed by atoms with van der Waals surface area (Å²) in [5.74, 6) is -13.3. The minimum absolute atomic E-state index is 0.0113. The number of unbranched alkanes of at least 4 members (excludes halogenated alkanes) is 1. The average Bonchev–Trinajstić information content (AvgIpc) is 3.30. The lowest BCUT2D eigenvalue weighted by Gasteiger charge is -2.30. The van der Waals surface area contributed by atoms with E-state index in [0.717, 1.165) is 0 Å². The normalized spacial score (nSPS) is 15.3. The Labute approximate surface area is 413 Å². The molecule has 0 aliphatic carbocycles. The molecule has 0 fully saturated rings. The van der Waals surface area contributed by atoms with Crippen molar-refractivity contribution in [3.8, 4) is 0 Å². The number of aliphatic carboxylic acids is 3. The van der Waals surface area contributed by atoms with Crippen LogP contribution < -0.4 is 69.7 Å². The third-order valence-electron chi connectivity index (χ3n) is 11.8. The van der Waals surface area contributed by atoms with Gasteiger partial charge in [0.25, 0.3) is 5.91 Å². The molecule has 15 N–H and O–H groups in total. The zero-order valence-electron chi connectivity index (χ0n) is 41.6. The molecule has 0 saturated carbocycles. The summed E-state index contributed by atoms with van der Waals surface area (Å²) in [6.07, 6.45) is -1.36. The first-order valence-electron chi connectivity index (χ1n) is 24.0. The highest BCUT2D eigenvalue weighted by Crippen LogP contribution is 2.15. The van der Waals surface area contributed by atoms with E-state index < -0.39 is 151 Å². The van der Waals surface area contributed by atoms with E-state index in [9.17, 15) is 68.1 Å². The van der Waals surface area contributed by atoms with Gasteiger partial charge in [0.1, 0.15) is 36.3 Å². The maximum Gasteiger partial charge on any atom is 0.278 e. The van der Waals surface area contributed by atoms with Gasteiger partial charge in [-0.15, -0.1) is 0 Å². The van der Waals surface area contributed by atoms with Crippen molar-refractivity contribution in [1.29, 1.82) is 0 Å². The summed E-state index contributed by atoms with van der Waals surface area (Å²) in [4.78, 5) is 143. The van der Waals surface area contributed by atoms with Gasteiger partial charge in [-0.05, 0) is 68.3 Å². The maximum absolute atomic E-state index is 14.2. The molecule has 0 bridgehead atoms. The number of benzene rings is 1. The number of rotatable bonds is 35. The predicted molar refractivity (Wildman–Crippen MR) is 248 cm³/mol. The fraction of sp³-hybridized carbons (Fsp3) is 0.638. The van der Waals surface area contributed by atoms with Gasteiger partial charge >= 0.3 is 0 Å². The fourth-order valence-corrected chi connectivity index (χ4v) is 7.17. The molecule has 0 aliphatic heterocycles. The lowest BCUT2D eigenvalue weighted by molar-refractivity contribution is -0.406. The molecule has 0 saturated heterocycles. The van der Waals surface area contributed by atoms with Crippen LogP contribution in [0.15, 0.2) is 30.3 Å². The second-order valence-corrected chi connectivity index (χ2v) is 18.2. The van der Waals surface area contributed by atoms with Crippen LogP contribution in [0.2, 0.25) is 0 Å². The number of carbonyl (C=O) groups excluding carboxylic acids is 11. The minimum atomic E-state index is -1.76. The summed E-state index contributed by atoms with van der Waals surface area (Å²) in [6.45, 7) is 10.7. The zero-order valence-corrected chi connectivity index (χ0v) is 41.6. The monoisotopic (exact) mass is 1000 g/mol. The Hall–Kier alpha value is -6.69. The van der Waals surface area contributed by atoms with E-state index in [1.165, 1.54) is 0 Å². The van der Waals surface area contributed by atoms with E-state index in [2.05, 4.69) is 48.7 Å². The second-order valence-electron chi connectivity index (χ2n) is 18.2. The number of primary amides is 1. The van der Waals surface area contributed by atoms with Gasteiger partial charge in [0.2, 0.25) is 41.4 Å². The molecule has 0 heterocycles. The number of amides is 8. The molecule has 24 nitrogen and oxygen atoms in total. The molecule has 10 atom stereocenters. The van der Waals surface area contributed by atoms with Crippen LogP contribution in [0.25, 0.3) is 0 Å². The standard InChI is InChI=1S/C47H76N10O14/c1-7-26(5)38(57-46(69)39(27(6)8-2)56-40(63)29(49)17-19-36(59)60)45(68)54-33(24-35(50)58)44(67)53-32(23-28-14-10-9-11-15-28)43(66)52-31(18-20-37(61)62)42(65)51-30(16-12-13-21-48)41(64)55-34(47(70)71)22-25(3)4/h9-11,14-15,25-27,29-34,38-39H,7-8,12-13,16-24,48-49H2,1-6H3,(H2,50,58)(H,51,65)(H,52,66)(H,53,67)(H,54,68)(H,55,64)(H,56,63)(H,57,69)(H,59,60)(H,61,62)(H,70,71)/p-1/t26-,27-,29-,30-,31-,32-,33-,34-,38-,39-/m0/s1. The third kappa shape index (κ3) is 23.7. The van der Waals surface area contributed by atoms with Gasteiger partial charge in [-0.3, -0.25) is 38.4 Å². The molecule has 1 aromatic rings. The molecule has 8 amide bonds. The van der Waals surface area contributed by atoms with Crippen LogP contribution in [-0.4, -0.2) is 120 Å². The van der Waals surface area contributed by atoms with Crippen molar-refractivity contribution in [3.05, 3.63) is 35.9 Å². The summed E-state index contributed by atoms with van der Waals surface area (Å²) < 4.78 is 0. The van der Waals surface area contributed by atoms with Crippen LogP contribution in [0.4, 0.5) is 0 Å². The molecule has 0 aromatic heterocycles. The van der Waals surface area contributed by atoms with Gasteiger partial charge in [0.15, 0.2) is 6.04 Å². The number of nitrogens with one attached hydrogen (secondary N) is 7. The van der Waals surface area contributed by atoms with Gasteiger partial charge in [-0.25, -0.2) is 0 Å². The van der Waals surface area contributed by atoms with Crippen molar-refractivity contribution in [2.45, 2.75) is 167 Å². The van der Waals surface area contributed by atoms with Gasteiger partial charge in [0.05, 0.1) is 25.0 Å². The smallest absolute Gasteiger partial charge is 0.278 e. The van der Waals surface area contributed by atoms with Gasteiger partial charge < -0.3 is 84.1 Å². The molecule has 1 rings (SSSR count). The quantitative estimate of drug-likeness (QED) is 0.0283. The molecule has 71 heavy (non-hydrogen) atoms. The van der Waals surface area contributed by atoms with Crippen LogP contribution >= 0.6 is 0 Å². The van der Waals surface area contributed by atoms with E-state index in [1.807, 2.05) is 0 Å². The first-order valence-corrected chi connectivity index (χ1v) is 24.0. The third-order valence-corrected chi connectivity index (χ3v) is 11.8. The fourth-order valence-electron chi connectivity index (χ4n) is 7.17. The van der Waals surface area contributed by atoms with Crippen molar-refractivity contribution in [2.75, 3.05) is 6.54 Å². The highest BCUT2D eigenvalue weighted by molar-refractivity contribution is 5.99. The van der Waals surface area contributed by atoms with Crippen molar-refractivity contribution in [1.82, 2.24) is 37.2 Å². The second kappa shape index (κ2) is 32.2. The Morgan fingerprint density at radius 3 is 1.46 bits per heavy atom. The van der Waals surface area contributed by atoms with Crippen molar-refractivity contribution >= 4 is 65.2 Å².